The van der Waals surface area contributed by atoms with Gasteiger partial charge in [0, 0.05) is 36.9 Å². The molecule has 4 heteroatoms. The van der Waals surface area contributed by atoms with Gasteiger partial charge in [0.15, 0.2) is 5.78 Å². The third-order valence-corrected chi connectivity index (χ3v) is 3.70. The highest BCUT2D eigenvalue weighted by Gasteiger charge is 2.31. The van der Waals surface area contributed by atoms with Crippen LogP contribution < -0.4 is 10.4 Å². The molecule has 2 aliphatic heterocycles. The Balaban J connectivity index is 2.06. The number of Topliss-reactive ketones (excluding diaryl/α,β-unsaturated/α-hetero) is 1. The molecule has 88 valence electrons. The Kier molecular flexibility index (Phi) is 2.67. The van der Waals surface area contributed by atoms with Gasteiger partial charge in [-0.3, -0.25) is 4.79 Å². The second-order valence-electron chi connectivity index (χ2n) is 4.90. The molecule has 0 saturated carbocycles. The number of ketones is 1. The lowest BCUT2D eigenvalue weighted by atomic mass is 9.88. The van der Waals surface area contributed by atoms with Crippen molar-refractivity contribution < 1.29 is 9.53 Å². The van der Waals surface area contributed by atoms with Gasteiger partial charge in [0.1, 0.15) is 7.85 Å². The van der Waals surface area contributed by atoms with Crippen molar-refractivity contribution in [1.29, 1.82) is 0 Å². The Labute approximate surface area is 102 Å². The lowest BCUT2D eigenvalue weighted by Gasteiger charge is -2.36. The number of anilines is 1. The van der Waals surface area contributed by atoms with Gasteiger partial charge in [0.25, 0.3) is 0 Å². The molecular weight excluding hydrogens is 213 g/mol. The van der Waals surface area contributed by atoms with E-state index in [0.717, 1.165) is 37.4 Å². The van der Waals surface area contributed by atoms with Crippen LogP contribution in [0.1, 0.15) is 23.2 Å². The molecule has 1 atom stereocenters. The van der Waals surface area contributed by atoms with Crippen molar-refractivity contribution in [2.24, 2.45) is 0 Å². The predicted octanol–water partition coefficient (Wildman–Crippen LogP) is 0.127. The normalized spacial score (nSPS) is 23.9. The number of hydrogen-bond acceptors (Lipinski definition) is 3. The monoisotopic (exact) mass is 229 g/mol. The first-order chi connectivity index (χ1) is 8.25. The van der Waals surface area contributed by atoms with Crippen molar-refractivity contribution in [2.45, 2.75) is 18.9 Å². The molecule has 1 fully saturated rings. The topological polar surface area (TPSA) is 29.5 Å². The van der Waals surface area contributed by atoms with E-state index in [1.54, 1.807) is 0 Å². The van der Waals surface area contributed by atoms with Crippen LogP contribution in [-0.4, -0.2) is 39.4 Å². The van der Waals surface area contributed by atoms with Crippen LogP contribution in [0.25, 0.3) is 0 Å². The van der Waals surface area contributed by atoms with E-state index in [0.29, 0.717) is 12.5 Å². The zero-order valence-corrected chi connectivity index (χ0v) is 10.1. The van der Waals surface area contributed by atoms with E-state index in [1.165, 1.54) is 5.46 Å². The first-order valence-corrected chi connectivity index (χ1v) is 6.24. The summed E-state index contributed by atoms with van der Waals surface area (Å²) in [6.45, 7) is 2.43. The van der Waals surface area contributed by atoms with E-state index in [-0.39, 0.29) is 5.78 Å². The average Bonchev–Trinajstić information content (AvgIpc) is 2.54. The summed E-state index contributed by atoms with van der Waals surface area (Å²) in [5.74, 6) is 0.281. The molecule has 0 radical (unpaired) electrons. The fraction of sp³-hybridized carbons (Fsp3) is 0.462. The van der Waals surface area contributed by atoms with Crippen LogP contribution in [0.4, 0.5) is 5.69 Å². The molecule has 0 spiro atoms. The minimum Gasteiger partial charge on any atom is -0.380 e. The van der Waals surface area contributed by atoms with Crippen molar-refractivity contribution in [3.63, 3.8) is 0 Å². The summed E-state index contributed by atoms with van der Waals surface area (Å²) < 4.78 is 5.51. The quantitative estimate of drug-likeness (QED) is 0.592. The van der Waals surface area contributed by atoms with Gasteiger partial charge < -0.3 is 9.64 Å². The highest BCUT2D eigenvalue weighted by molar-refractivity contribution is 6.33. The molecule has 0 amide bonds. The molecule has 0 aromatic heterocycles. The van der Waals surface area contributed by atoms with Crippen molar-refractivity contribution in [3.05, 3.63) is 23.8 Å². The second kappa shape index (κ2) is 4.19. The Morgan fingerprint density at radius 2 is 2.24 bits per heavy atom. The summed E-state index contributed by atoms with van der Waals surface area (Å²) in [5.41, 5.74) is 3.20. The molecule has 0 N–H and O–H groups in total. The predicted molar refractivity (Wildman–Crippen MR) is 70.1 cm³/mol. The first-order valence-electron chi connectivity index (χ1n) is 6.24. The molecule has 3 rings (SSSR count). The molecule has 1 saturated heterocycles. The minimum absolute atomic E-state index is 0.281. The van der Waals surface area contributed by atoms with Crippen molar-refractivity contribution in [3.8, 4) is 0 Å². The third kappa shape index (κ3) is 1.87. The van der Waals surface area contributed by atoms with Crippen LogP contribution in [0.5, 0.6) is 0 Å². The van der Waals surface area contributed by atoms with E-state index < -0.39 is 0 Å². The van der Waals surface area contributed by atoms with Gasteiger partial charge in [-0.2, -0.15) is 0 Å². The van der Waals surface area contributed by atoms with Crippen LogP contribution in [0, 0.1) is 0 Å². The summed E-state index contributed by atoms with van der Waals surface area (Å²) in [6, 6.07) is 6.45. The summed E-state index contributed by atoms with van der Waals surface area (Å²) in [5, 5.41) is 0. The molecule has 1 unspecified atom stereocenters. The van der Waals surface area contributed by atoms with Crippen LogP contribution in [-0.2, 0) is 4.74 Å². The van der Waals surface area contributed by atoms with Crippen molar-refractivity contribution in [2.75, 3.05) is 24.7 Å². The molecule has 17 heavy (non-hydrogen) atoms. The molecule has 2 aliphatic rings. The fourth-order valence-corrected chi connectivity index (χ4v) is 2.79. The summed E-state index contributed by atoms with van der Waals surface area (Å²) in [4.78, 5) is 14.5. The van der Waals surface area contributed by atoms with Gasteiger partial charge in [-0.1, -0.05) is 11.5 Å². The van der Waals surface area contributed by atoms with Crippen LogP contribution >= 0.6 is 0 Å². The lowest BCUT2D eigenvalue weighted by molar-refractivity contribution is 0.0963. The minimum atomic E-state index is 0.281. The number of nitrogens with zero attached hydrogens (tertiary/aromatic N) is 1. The second-order valence-corrected chi connectivity index (χ2v) is 4.90. The summed E-state index contributed by atoms with van der Waals surface area (Å²) in [7, 11) is 2.07. The summed E-state index contributed by atoms with van der Waals surface area (Å²) >= 11 is 0. The fourth-order valence-electron chi connectivity index (χ4n) is 2.79. The molecule has 2 heterocycles. The van der Waals surface area contributed by atoms with E-state index in [1.807, 2.05) is 12.1 Å². The van der Waals surface area contributed by atoms with E-state index in [9.17, 15) is 4.79 Å². The van der Waals surface area contributed by atoms with E-state index >= 15 is 0 Å². The van der Waals surface area contributed by atoms with Gasteiger partial charge in [0.05, 0.1) is 6.61 Å². The Morgan fingerprint density at radius 3 is 3.12 bits per heavy atom. The van der Waals surface area contributed by atoms with Crippen LogP contribution in [0.3, 0.4) is 0 Å². The van der Waals surface area contributed by atoms with E-state index in [2.05, 4.69) is 18.8 Å². The Morgan fingerprint density at radius 1 is 1.35 bits per heavy atom. The number of hydrogen-bond donors (Lipinski definition) is 0. The highest BCUT2D eigenvalue weighted by Crippen LogP contribution is 2.31. The van der Waals surface area contributed by atoms with Crippen LogP contribution in [0.2, 0.25) is 0 Å². The SMILES string of the molecule is Bc1ccc2c(c1)N1CCOCCC1CC2=O. The van der Waals surface area contributed by atoms with Crippen LogP contribution in [0.15, 0.2) is 18.2 Å². The largest absolute Gasteiger partial charge is 0.380 e. The number of carbonyl (C=O) groups is 1. The smallest absolute Gasteiger partial charge is 0.167 e. The number of carbonyl (C=O) groups excluding carboxylic acids is 1. The standard InChI is InChI=1S/C13H16BNO2/c14-9-1-2-11-12(7-9)15-4-6-17-5-3-10(15)8-13(11)16/h1-2,7,10H,3-6,8,14H2. The maximum absolute atomic E-state index is 12.1. The van der Waals surface area contributed by atoms with Gasteiger partial charge >= 0.3 is 0 Å². The number of benzene rings is 1. The van der Waals surface area contributed by atoms with Gasteiger partial charge in [-0.25, -0.2) is 0 Å². The maximum Gasteiger partial charge on any atom is 0.167 e. The molecular formula is C13H16BNO2. The third-order valence-electron chi connectivity index (χ3n) is 3.70. The van der Waals surface area contributed by atoms with Gasteiger partial charge in [-0.05, 0) is 18.6 Å². The lowest BCUT2D eigenvalue weighted by Crippen LogP contribution is -2.42. The average molecular weight is 229 g/mol. The summed E-state index contributed by atoms with van der Waals surface area (Å²) in [6.07, 6.45) is 1.60. The zero-order chi connectivity index (χ0) is 11.8. The number of rotatable bonds is 0. The number of fused-ring (bicyclic) bond motifs is 3. The first kappa shape index (κ1) is 10.8. The van der Waals surface area contributed by atoms with Crippen molar-refractivity contribution in [1.82, 2.24) is 0 Å². The zero-order valence-electron chi connectivity index (χ0n) is 10.1. The van der Waals surface area contributed by atoms with Gasteiger partial charge in [0.2, 0.25) is 0 Å². The maximum atomic E-state index is 12.1. The Hall–Kier alpha value is -1.29. The number of ether oxygens (including phenoxy) is 1. The molecule has 0 bridgehead atoms. The van der Waals surface area contributed by atoms with E-state index in [4.69, 9.17) is 4.74 Å². The van der Waals surface area contributed by atoms with Gasteiger partial charge in [-0.15, -0.1) is 0 Å². The Bertz CT molecular complexity index is 461. The molecule has 1 aromatic carbocycles. The van der Waals surface area contributed by atoms with Crippen molar-refractivity contribution >= 4 is 24.8 Å². The molecule has 0 aliphatic carbocycles. The highest BCUT2D eigenvalue weighted by atomic mass is 16.5. The molecule has 1 aromatic rings. The molecule has 3 nitrogen and oxygen atoms in total.